The third-order valence-electron chi connectivity index (χ3n) is 2.17. The number of carbonyl (C=O) groups excluding carboxylic acids is 1. The number of nitrogens with one attached hydrogen (secondary N) is 2. The Bertz CT molecular complexity index is 384. The molecule has 0 aliphatic carbocycles. The van der Waals surface area contributed by atoms with Gasteiger partial charge in [0.15, 0.2) is 0 Å². The van der Waals surface area contributed by atoms with E-state index in [1.54, 1.807) is 0 Å². The van der Waals surface area contributed by atoms with Crippen molar-refractivity contribution >= 4 is 23.3 Å². The number of rotatable bonds is 3. The van der Waals surface area contributed by atoms with Crippen molar-refractivity contribution in [2.75, 3.05) is 5.32 Å². The monoisotopic (exact) mass is 244 g/mol. The SMILES string of the molecule is CC[C@H](C)NC(=O)Nc1ccc(F)c(Cl)c1. The Labute approximate surface area is 99.0 Å². The molecule has 0 saturated heterocycles. The summed E-state index contributed by atoms with van der Waals surface area (Å²) in [4.78, 5) is 11.4. The van der Waals surface area contributed by atoms with Crippen LogP contribution in [0.5, 0.6) is 0 Å². The molecule has 1 aromatic rings. The third-order valence-corrected chi connectivity index (χ3v) is 2.46. The van der Waals surface area contributed by atoms with Crippen LogP contribution in [-0.4, -0.2) is 12.1 Å². The van der Waals surface area contributed by atoms with Crippen LogP contribution in [0.25, 0.3) is 0 Å². The standard InChI is InChI=1S/C11H14ClFN2O/c1-3-7(2)14-11(16)15-8-4-5-10(13)9(12)6-8/h4-7H,3H2,1-2H3,(H2,14,15,16)/t7-/m0/s1. The highest BCUT2D eigenvalue weighted by atomic mass is 35.5. The summed E-state index contributed by atoms with van der Waals surface area (Å²) in [6.07, 6.45) is 0.845. The molecule has 0 aliphatic rings. The molecule has 2 amide bonds. The number of carbonyl (C=O) groups is 1. The van der Waals surface area contributed by atoms with Crippen molar-refractivity contribution in [3.63, 3.8) is 0 Å². The van der Waals surface area contributed by atoms with Crippen LogP contribution in [0.15, 0.2) is 18.2 Å². The van der Waals surface area contributed by atoms with Crippen LogP contribution in [0.4, 0.5) is 14.9 Å². The molecule has 5 heteroatoms. The van der Waals surface area contributed by atoms with Crippen LogP contribution in [0.2, 0.25) is 5.02 Å². The molecule has 0 fully saturated rings. The van der Waals surface area contributed by atoms with E-state index in [9.17, 15) is 9.18 Å². The van der Waals surface area contributed by atoms with Gasteiger partial charge in [-0.3, -0.25) is 0 Å². The van der Waals surface area contributed by atoms with Gasteiger partial charge in [-0.15, -0.1) is 0 Å². The van der Waals surface area contributed by atoms with Crippen LogP contribution in [-0.2, 0) is 0 Å². The van der Waals surface area contributed by atoms with Crippen molar-refractivity contribution in [2.24, 2.45) is 0 Å². The highest BCUT2D eigenvalue weighted by molar-refractivity contribution is 6.31. The summed E-state index contributed by atoms with van der Waals surface area (Å²) >= 11 is 5.58. The molecule has 3 nitrogen and oxygen atoms in total. The summed E-state index contributed by atoms with van der Waals surface area (Å²) in [5, 5.41) is 5.29. The Morgan fingerprint density at radius 1 is 1.56 bits per heavy atom. The second kappa shape index (κ2) is 5.70. The molecule has 0 unspecified atom stereocenters. The van der Waals surface area contributed by atoms with E-state index in [4.69, 9.17) is 11.6 Å². The minimum Gasteiger partial charge on any atom is -0.335 e. The van der Waals surface area contributed by atoms with Gasteiger partial charge in [-0.2, -0.15) is 0 Å². The Kier molecular flexibility index (Phi) is 4.55. The quantitative estimate of drug-likeness (QED) is 0.841. The van der Waals surface area contributed by atoms with Gasteiger partial charge in [0.25, 0.3) is 0 Å². The molecule has 0 bridgehead atoms. The lowest BCUT2D eigenvalue weighted by molar-refractivity contribution is 0.249. The summed E-state index contributed by atoms with van der Waals surface area (Å²) in [7, 11) is 0. The maximum Gasteiger partial charge on any atom is 0.319 e. The van der Waals surface area contributed by atoms with Gasteiger partial charge in [-0.1, -0.05) is 18.5 Å². The topological polar surface area (TPSA) is 41.1 Å². The number of hydrogen-bond acceptors (Lipinski definition) is 1. The van der Waals surface area contributed by atoms with E-state index >= 15 is 0 Å². The van der Waals surface area contributed by atoms with Crippen molar-refractivity contribution in [1.29, 1.82) is 0 Å². The zero-order valence-electron chi connectivity index (χ0n) is 9.18. The number of benzene rings is 1. The van der Waals surface area contributed by atoms with Crippen molar-refractivity contribution in [3.8, 4) is 0 Å². The molecule has 0 aliphatic heterocycles. The van der Waals surface area contributed by atoms with Gasteiger partial charge in [0.2, 0.25) is 0 Å². The highest BCUT2D eigenvalue weighted by Gasteiger charge is 2.06. The molecule has 2 N–H and O–H groups in total. The largest absolute Gasteiger partial charge is 0.335 e. The Balaban J connectivity index is 2.59. The van der Waals surface area contributed by atoms with Crippen molar-refractivity contribution < 1.29 is 9.18 Å². The number of urea groups is 1. The maximum absolute atomic E-state index is 12.8. The fourth-order valence-corrected chi connectivity index (χ4v) is 1.25. The molecule has 1 rings (SSSR count). The van der Waals surface area contributed by atoms with Gasteiger partial charge in [-0.05, 0) is 31.5 Å². The molecular formula is C11H14ClFN2O. The molecular weight excluding hydrogens is 231 g/mol. The Morgan fingerprint density at radius 3 is 2.81 bits per heavy atom. The van der Waals surface area contributed by atoms with E-state index in [1.165, 1.54) is 18.2 Å². The third kappa shape index (κ3) is 3.70. The van der Waals surface area contributed by atoms with Crippen molar-refractivity contribution in [2.45, 2.75) is 26.3 Å². The molecule has 0 spiro atoms. The van der Waals surface area contributed by atoms with E-state index in [-0.39, 0.29) is 17.1 Å². The number of hydrogen-bond donors (Lipinski definition) is 2. The molecule has 16 heavy (non-hydrogen) atoms. The van der Waals surface area contributed by atoms with Crippen LogP contribution in [0, 0.1) is 5.82 Å². The van der Waals surface area contributed by atoms with E-state index in [2.05, 4.69) is 10.6 Å². The zero-order valence-corrected chi connectivity index (χ0v) is 9.94. The van der Waals surface area contributed by atoms with Crippen LogP contribution >= 0.6 is 11.6 Å². The lowest BCUT2D eigenvalue weighted by atomic mass is 10.3. The fourth-order valence-electron chi connectivity index (χ4n) is 1.07. The van der Waals surface area contributed by atoms with Crippen molar-refractivity contribution in [3.05, 3.63) is 29.0 Å². The second-order valence-electron chi connectivity index (χ2n) is 3.54. The van der Waals surface area contributed by atoms with E-state index in [1.807, 2.05) is 13.8 Å². The minimum atomic E-state index is -0.505. The summed E-state index contributed by atoms with van der Waals surface area (Å²) in [5.41, 5.74) is 0.465. The van der Waals surface area contributed by atoms with Gasteiger partial charge in [0.1, 0.15) is 5.82 Å². The first-order chi connectivity index (χ1) is 7.52. The highest BCUT2D eigenvalue weighted by Crippen LogP contribution is 2.19. The number of halogens is 2. The molecule has 0 heterocycles. The van der Waals surface area contributed by atoms with Gasteiger partial charge in [-0.25, -0.2) is 9.18 Å². The predicted octanol–water partition coefficient (Wildman–Crippen LogP) is 3.40. The van der Waals surface area contributed by atoms with Crippen molar-refractivity contribution in [1.82, 2.24) is 5.32 Å². The lowest BCUT2D eigenvalue weighted by Crippen LogP contribution is -2.35. The van der Waals surface area contributed by atoms with E-state index < -0.39 is 5.82 Å². The normalized spacial score (nSPS) is 12.0. The molecule has 0 aromatic heterocycles. The van der Waals surface area contributed by atoms with Gasteiger partial charge in [0.05, 0.1) is 5.02 Å². The second-order valence-corrected chi connectivity index (χ2v) is 3.94. The number of anilines is 1. The average molecular weight is 245 g/mol. The number of amides is 2. The lowest BCUT2D eigenvalue weighted by Gasteiger charge is -2.12. The summed E-state index contributed by atoms with van der Waals surface area (Å²) in [5.74, 6) is -0.505. The van der Waals surface area contributed by atoms with Crippen LogP contribution in [0.3, 0.4) is 0 Å². The molecule has 1 aromatic carbocycles. The summed E-state index contributed by atoms with van der Waals surface area (Å²) in [6.45, 7) is 3.87. The first-order valence-electron chi connectivity index (χ1n) is 5.05. The first-order valence-corrected chi connectivity index (χ1v) is 5.43. The molecule has 0 radical (unpaired) electrons. The smallest absolute Gasteiger partial charge is 0.319 e. The van der Waals surface area contributed by atoms with Crippen LogP contribution in [0.1, 0.15) is 20.3 Å². The van der Waals surface area contributed by atoms with Gasteiger partial charge in [0, 0.05) is 11.7 Å². The molecule has 0 saturated carbocycles. The maximum atomic E-state index is 12.8. The summed E-state index contributed by atoms with van der Waals surface area (Å²) < 4.78 is 12.8. The Morgan fingerprint density at radius 2 is 2.25 bits per heavy atom. The Hall–Kier alpha value is -1.29. The van der Waals surface area contributed by atoms with Gasteiger partial charge < -0.3 is 10.6 Å². The minimum absolute atomic E-state index is 0.0126. The van der Waals surface area contributed by atoms with Gasteiger partial charge >= 0.3 is 6.03 Å². The predicted molar refractivity (Wildman–Crippen MR) is 63.3 cm³/mol. The fraction of sp³-hybridized carbons (Fsp3) is 0.364. The van der Waals surface area contributed by atoms with Crippen LogP contribution < -0.4 is 10.6 Å². The zero-order chi connectivity index (χ0) is 12.1. The average Bonchev–Trinajstić information content (AvgIpc) is 2.23. The summed E-state index contributed by atoms with van der Waals surface area (Å²) in [6, 6.07) is 3.80. The van der Waals surface area contributed by atoms with E-state index in [0.717, 1.165) is 6.42 Å². The molecule has 1 atom stereocenters. The van der Waals surface area contributed by atoms with E-state index in [0.29, 0.717) is 5.69 Å². The first kappa shape index (κ1) is 12.8. The molecule has 88 valence electrons.